The highest BCUT2D eigenvalue weighted by Gasteiger charge is 2.04. The van der Waals surface area contributed by atoms with Crippen LogP contribution >= 0.6 is 0 Å². The van der Waals surface area contributed by atoms with Crippen LogP contribution in [0.1, 0.15) is 11.3 Å². The Bertz CT molecular complexity index is 403. The van der Waals surface area contributed by atoms with Crippen molar-refractivity contribution in [1.82, 2.24) is 10.3 Å². The van der Waals surface area contributed by atoms with E-state index in [1.165, 1.54) is 11.1 Å². The van der Waals surface area contributed by atoms with E-state index in [9.17, 15) is 0 Å². The number of aliphatic imine (C=N–C) groups is 1. The number of hydrogen-bond donors (Lipinski definition) is 2. The monoisotopic (exact) mass is 202 g/mol. The normalized spacial score (nSPS) is 15.3. The molecule has 2 heterocycles. The minimum absolute atomic E-state index is 0.487. The first-order valence-corrected chi connectivity index (χ1v) is 4.90. The van der Waals surface area contributed by atoms with Gasteiger partial charge in [-0.2, -0.15) is 0 Å². The van der Waals surface area contributed by atoms with Crippen molar-refractivity contribution < 1.29 is 0 Å². The zero-order chi connectivity index (χ0) is 10.7. The Morgan fingerprint density at radius 2 is 2.33 bits per heavy atom. The highest BCUT2D eigenvalue weighted by Crippen LogP contribution is 2.09. The molecule has 0 saturated carbocycles. The number of nitrogens with zero attached hydrogens (tertiary/aromatic N) is 2. The van der Waals surface area contributed by atoms with Gasteiger partial charge in [0.25, 0.3) is 0 Å². The summed E-state index contributed by atoms with van der Waals surface area (Å²) >= 11 is 0. The van der Waals surface area contributed by atoms with Crippen LogP contribution in [0.5, 0.6) is 0 Å². The van der Waals surface area contributed by atoms with Crippen LogP contribution < -0.4 is 11.1 Å². The summed E-state index contributed by atoms with van der Waals surface area (Å²) in [5, 5.41) is 2.91. The van der Waals surface area contributed by atoms with Gasteiger partial charge in [0.05, 0.1) is 6.54 Å². The molecule has 3 N–H and O–H groups in total. The first-order valence-electron chi connectivity index (χ1n) is 4.90. The molecule has 78 valence electrons. The van der Waals surface area contributed by atoms with Crippen molar-refractivity contribution in [2.24, 2.45) is 10.7 Å². The summed E-state index contributed by atoms with van der Waals surface area (Å²) < 4.78 is 0. The molecular weight excluding hydrogens is 188 g/mol. The molecule has 15 heavy (non-hydrogen) atoms. The highest BCUT2D eigenvalue weighted by molar-refractivity contribution is 5.79. The Morgan fingerprint density at radius 1 is 1.47 bits per heavy atom. The van der Waals surface area contributed by atoms with Gasteiger partial charge in [-0.05, 0) is 30.5 Å². The number of hydrogen-bond acceptors (Lipinski definition) is 4. The first-order chi connectivity index (χ1) is 7.24. The van der Waals surface area contributed by atoms with E-state index in [0.717, 1.165) is 12.1 Å². The molecule has 1 aliphatic heterocycles. The van der Waals surface area contributed by atoms with E-state index in [2.05, 4.69) is 21.4 Å². The molecule has 0 spiro atoms. The third-order valence-electron chi connectivity index (χ3n) is 2.28. The van der Waals surface area contributed by atoms with Gasteiger partial charge in [0.15, 0.2) is 5.96 Å². The predicted molar refractivity (Wildman–Crippen MR) is 60.4 cm³/mol. The molecule has 0 saturated heterocycles. The Labute approximate surface area is 88.9 Å². The average Bonchev–Trinajstić information content (AvgIpc) is 2.25. The second-order valence-corrected chi connectivity index (χ2v) is 3.63. The minimum Gasteiger partial charge on any atom is -0.370 e. The molecule has 0 radical (unpaired) electrons. The van der Waals surface area contributed by atoms with Crippen LogP contribution in [0.3, 0.4) is 0 Å². The molecular formula is C11H14N4. The number of guanidine groups is 1. The second kappa shape index (κ2) is 4.13. The number of aromatic nitrogens is 1. The number of nitrogens with one attached hydrogen (secondary N) is 1. The summed E-state index contributed by atoms with van der Waals surface area (Å²) in [7, 11) is 0. The summed E-state index contributed by atoms with van der Waals surface area (Å²) in [6.45, 7) is 2.66. The molecule has 1 aromatic heterocycles. The van der Waals surface area contributed by atoms with Gasteiger partial charge in [-0.1, -0.05) is 6.07 Å². The maximum Gasteiger partial charge on any atom is 0.192 e. The van der Waals surface area contributed by atoms with E-state index in [-0.39, 0.29) is 0 Å². The molecule has 0 aromatic carbocycles. The minimum atomic E-state index is 0.487. The largest absolute Gasteiger partial charge is 0.370 e. The van der Waals surface area contributed by atoms with Crippen molar-refractivity contribution in [2.75, 3.05) is 6.54 Å². The van der Waals surface area contributed by atoms with Gasteiger partial charge in [0.2, 0.25) is 0 Å². The van der Waals surface area contributed by atoms with E-state index in [1.54, 1.807) is 0 Å². The lowest BCUT2D eigenvalue weighted by Crippen LogP contribution is -2.31. The fourth-order valence-electron chi connectivity index (χ4n) is 1.43. The van der Waals surface area contributed by atoms with Gasteiger partial charge in [0.1, 0.15) is 0 Å². The third-order valence-corrected chi connectivity index (χ3v) is 2.28. The van der Waals surface area contributed by atoms with Crippen LogP contribution in [0.4, 0.5) is 0 Å². The van der Waals surface area contributed by atoms with Crippen molar-refractivity contribution in [2.45, 2.75) is 13.3 Å². The van der Waals surface area contributed by atoms with Crippen molar-refractivity contribution >= 4 is 5.96 Å². The van der Waals surface area contributed by atoms with Crippen molar-refractivity contribution in [1.29, 1.82) is 0 Å². The molecule has 4 heteroatoms. The number of pyridine rings is 1. The van der Waals surface area contributed by atoms with E-state index in [0.29, 0.717) is 12.5 Å². The van der Waals surface area contributed by atoms with Crippen LogP contribution in [0.25, 0.3) is 0 Å². The third kappa shape index (κ3) is 2.56. The molecule has 0 aliphatic carbocycles. The summed E-state index contributed by atoms with van der Waals surface area (Å²) in [5.74, 6) is 0.487. The fourth-order valence-corrected chi connectivity index (χ4v) is 1.43. The van der Waals surface area contributed by atoms with Gasteiger partial charge in [-0.25, -0.2) is 4.99 Å². The molecule has 2 rings (SSSR count). The van der Waals surface area contributed by atoms with E-state index in [4.69, 9.17) is 5.73 Å². The predicted octanol–water partition coefficient (Wildman–Crippen LogP) is 0.734. The maximum atomic E-state index is 5.49. The van der Waals surface area contributed by atoms with Gasteiger partial charge in [0, 0.05) is 18.1 Å². The molecule has 1 aliphatic rings. The molecule has 4 nitrogen and oxygen atoms in total. The SMILES string of the molecule is Cc1ccc(CC2=CNC(N)=NC2)cn1. The first kappa shape index (κ1) is 9.71. The maximum absolute atomic E-state index is 5.49. The lowest BCUT2D eigenvalue weighted by molar-refractivity contribution is 0.949. The van der Waals surface area contributed by atoms with E-state index >= 15 is 0 Å². The van der Waals surface area contributed by atoms with Crippen LogP contribution in [-0.4, -0.2) is 17.5 Å². The molecule has 0 fully saturated rings. The quantitative estimate of drug-likeness (QED) is 0.743. The van der Waals surface area contributed by atoms with Crippen LogP contribution in [-0.2, 0) is 6.42 Å². The lowest BCUT2D eigenvalue weighted by Gasteiger charge is -2.11. The van der Waals surface area contributed by atoms with Crippen LogP contribution in [0.15, 0.2) is 35.1 Å². The van der Waals surface area contributed by atoms with Crippen molar-refractivity contribution in [3.63, 3.8) is 0 Å². The number of rotatable bonds is 2. The highest BCUT2D eigenvalue weighted by atomic mass is 15.1. The Balaban J connectivity index is 2.01. The van der Waals surface area contributed by atoms with Gasteiger partial charge in [-0.3, -0.25) is 4.98 Å². The van der Waals surface area contributed by atoms with Crippen molar-refractivity contribution in [3.8, 4) is 0 Å². The van der Waals surface area contributed by atoms with Crippen LogP contribution in [0.2, 0.25) is 0 Å². The average molecular weight is 202 g/mol. The smallest absolute Gasteiger partial charge is 0.192 e. The Hall–Kier alpha value is -1.84. The van der Waals surface area contributed by atoms with E-state index in [1.807, 2.05) is 25.4 Å². The van der Waals surface area contributed by atoms with Gasteiger partial charge >= 0.3 is 0 Å². The zero-order valence-corrected chi connectivity index (χ0v) is 8.70. The topological polar surface area (TPSA) is 63.3 Å². The number of aryl methyl sites for hydroxylation is 1. The summed E-state index contributed by atoms with van der Waals surface area (Å²) in [6.07, 6.45) is 4.69. The fraction of sp³-hybridized carbons (Fsp3) is 0.273. The van der Waals surface area contributed by atoms with E-state index < -0.39 is 0 Å². The molecule has 0 atom stereocenters. The number of nitrogens with two attached hydrogens (primary N) is 1. The van der Waals surface area contributed by atoms with Crippen LogP contribution in [0, 0.1) is 6.92 Å². The lowest BCUT2D eigenvalue weighted by atomic mass is 10.1. The summed E-state index contributed by atoms with van der Waals surface area (Å²) in [4.78, 5) is 8.37. The van der Waals surface area contributed by atoms with Gasteiger partial charge in [-0.15, -0.1) is 0 Å². The Morgan fingerprint density at radius 3 is 2.93 bits per heavy atom. The summed E-state index contributed by atoms with van der Waals surface area (Å²) in [5.41, 5.74) is 8.95. The molecule has 0 bridgehead atoms. The molecule has 1 aromatic rings. The summed E-state index contributed by atoms with van der Waals surface area (Å²) in [6, 6.07) is 4.11. The van der Waals surface area contributed by atoms with Crippen molar-refractivity contribution in [3.05, 3.63) is 41.4 Å². The second-order valence-electron chi connectivity index (χ2n) is 3.63. The molecule has 0 amide bonds. The van der Waals surface area contributed by atoms with Gasteiger partial charge < -0.3 is 11.1 Å². The zero-order valence-electron chi connectivity index (χ0n) is 8.70. The Kier molecular flexibility index (Phi) is 2.67. The molecule has 0 unspecified atom stereocenters. The standard InChI is InChI=1S/C11H14N4/c1-8-2-3-9(5-13-8)4-10-6-14-11(12)15-7-10/h2-3,5-6H,4,7H2,1H3,(H3,12,14,15).